The first kappa shape index (κ1) is 11.1. The van der Waals surface area contributed by atoms with Gasteiger partial charge in [0.05, 0.1) is 6.10 Å². The molecule has 0 radical (unpaired) electrons. The SMILES string of the molecule is Cc1nc2cc(C(O)C(C)(C)N)ccc2o1. The molecule has 86 valence electrons. The summed E-state index contributed by atoms with van der Waals surface area (Å²) < 4.78 is 5.36. The summed E-state index contributed by atoms with van der Waals surface area (Å²) in [6, 6.07) is 5.43. The standard InChI is InChI=1S/C12H16N2O2/c1-7-14-9-6-8(4-5-10(9)16-7)11(15)12(2,3)13/h4-6,11,15H,13H2,1-3H3. The highest BCUT2D eigenvalue weighted by Crippen LogP contribution is 2.26. The van der Waals surface area contributed by atoms with Gasteiger partial charge < -0.3 is 15.3 Å². The average molecular weight is 220 g/mol. The third-order valence-electron chi connectivity index (χ3n) is 2.54. The summed E-state index contributed by atoms with van der Waals surface area (Å²) in [5, 5.41) is 10.0. The van der Waals surface area contributed by atoms with Crippen molar-refractivity contribution in [2.75, 3.05) is 0 Å². The van der Waals surface area contributed by atoms with Gasteiger partial charge in [-0.2, -0.15) is 0 Å². The maximum absolute atomic E-state index is 10.0. The van der Waals surface area contributed by atoms with Crippen LogP contribution in [0, 0.1) is 6.92 Å². The van der Waals surface area contributed by atoms with Crippen molar-refractivity contribution in [2.24, 2.45) is 5.73 Å². The van der Waals surface area contributed by atoms with Crippen LogP contribution in [0.3, 0.4) is 0 Å². The molecule has 0 saturated heterocycles. The number of hydrogen-bond donors (Lipinski definition) is 2. The van der Waals surface area contributed by atoms with Crippen molar-refractivity contribution < 1.29 is 9.52 Å². The Morgan fingerprint density at radius 1 is 1.44 bits per heavy atom. The lowest BCUT2D eigenvalue weighted by Crippen LogP contribution is -2.39. The van der Waals surface area contributed by atoms with Gasteiger partial charge in [-0.25, -0.2) is 4.98 Å². The van der Waals surface area contributed by atoms with E-state index in [4.69, 9.17) is 10.2 Å². The molecule has 1 atom stereocenters. The summed E-state index contributed by atoms with van der Waals surface area (Å²) in [6.07, 6.45) is -0.714. The number of nitrogens with zero attached hydrogens (tertiary/aromatic N) is 1. The number of rotatable bonds is 2. The first-order valence-electron chi connectivity index (χ1n) is 5.22. The fraction of sp³-hybridized carbons (Fsp3) is 0.417. The van der Waals surface area contributed by atoms with Crippen LogP contribution in [-0.2, 0) is 0 Å². The minimum absolute atomic E-state index is 0.619. The fourth-order valence-corrected chi connectivity index (χ4v) is 1.66. The Labute approximate surface area is 94.1 Å². The van der Waals surface area contributed by atoms with E-state index < -0.39 is 11.6 Å². The predicted octanol–water partition coefficient (Wildman–Crippen LogP) is 1.91. The normalized spacial score (nSPS) is 14.3. The molecule has 4 nitrogen and oxygen atoms in total. The fourth-order valence-electron chi connectivity index (χ4n) is 1.66. The number of benzene rings is 1. The molecule has 1 aromatic heterocycles. The lowest BCUT2D eigenvalue weighted by molar-refractivity contribution is 0.105. The molecule has 3 N–H and O–H groups in total. The van der Waals surface area contributed by atoms with Crippen LogP contribution in [-0.4, -0.2) is 15.6 Å². The third kappa shape index (κ3) is 1.94. The first-order valence-corrected chi connectivity index (χ1v) is 5.22. The summed E-state index contributed by atoms with van der Waals surface area (Å²) in [5.41, 5.74) is 7.42. The number of fused-ring (bicyclic) bond motifs is 1. The molecule has 0 spiro atoms. The van der Waals surface area contributed by atoms with Crippen molar-refractivity contribution >= 4 is 11.1 Å². The van der Waals surface area contributed by atoms with E-state index in [0.29, 0.717) is 5.89 Å². The van der Waals surface area contributed by atoms with E-state index in [2.05, 4.69) is 4.98 Å². The predicted molar refractivity (Wildman–Crippen MR) is 62.0 cm³/mol. The number of aliphatic hydroxyl groups is 1. The molecule has 1 unspecified atom stereocenters. The van der Waals surface area contributed by atoms with Crippen molar-refractivity contribution in [1.82, 2.24) is 4.98 Å². The van der Waals surface area contributed by atoms with E-state index in [1.54, 1.807) is 26.8 Å². The van der Waals surface area contributed by atoms with Gasteiger partial charge >= 0.3 is 0 Å². The van der Waals surface area contributed by atoms with Gasteiger partial charge in [0, 0.05) is 12.5 Å². The van der Waals surface area contributed by atoms with Crippen molar-refractivity contribution in [1.29, 1.82) is 0 Å². The van der Waals surface area contributed by atoms with Crippen molar-refractivity contribution in [3.8, 4) is 0 Å². The molecule has 0 bridgehead atoms. The van der Waals surface area contributed by atoms with Gasteiger partial charge in [0.15, 0.2) is 11.5 Å². The molecule has 1 aromatic carbocycles. The van der Waals surface area contributed by atoms with Gasteiger partial charge in [0.25, 0.3) is 0 Å². The molecule has 16 heavy (non-hydrogen) atoms. The Kier molecular flexibility index (Phi) is 2.48. The molecule has 1 heterocycles. The van der Waals surface area contributed by atoms with Gasteiger partial charge in [-0.3, -0.25) is 0 Å². The zero-order valence-electron chi connectivity index (χ0n) is 9.69. The maximum atomic E-state index is 10.0. The Balaban J connectivity index is 2.46. The first-order chi connectivity index (χ1) is 7.38. The minimum atomic E-state index is -0.714. The molecule has 0 saturated carbocycles. The van der Waals surface area contributed by atoms with E-state index in [0.717, 1.165) is 16.7 Å². The van der Waals surface area contributed by atoms with E-state index in [1.807, 2.05) is 12.1 Å². The highest BCUT2D eigenvalue weighted by Gasteiger charge is 2.24. The number of aromatic nitrogens is 1. The highest BCUT2D eigenvalue weighted by molar-refractivity contribution is 5.73. The zero-order chi connectivity index (χ0) is 11.9. The molecule has 0 amide bonds. The minimum Gasteiger partial charge on any atom is -0.441 e. The van der Waals surface area contributed by atoms with E-state index in [9.17, 15) is 5.11 Å². The molecule has 2 aromatic rings. The van der Waals surface area contributed by atoms with E-state index in [-0.39, 0.29) is 0 Å². The Bertz CT molecular complexity index is 511. The number of hydrogen-bond acceptors (Lipinski definition) is 4. The molecular formula is C12H16N2O2. The number of aliphatic hydroxyl groups excluding tert-OH is 1. The van der Waals surface area contributed by atoms with Crippen LogP contribution in [0.1, 0.15) is 31.4 Å². The quantitative estimate of drug-likeness (QED) is 0.810. The summed E-state index contributed by atoms with van der Waals surface area (Å²) in [6.45, 7) is 5.37. The van der Waals surface area contributed by atoms with Gasteiger partial charge in [0.2, 0.25) is 0 Å². The monoisotopic (exact) mass is 220 g/mol. The zero-order valence-corrected chi connectivity index (χ0v) is 9.69. The summed E-state index contributed by atoms with van der Waals surface area (Å²) in [7, 11) is 0. The molecule has 0 fully saturated rings. The average Bonchev–Trinajstić information content (AvgIpc) is 2.54. The lowest BCUT2D eigenvalue weighted by Gasteiger charge is -2.25. The Hall–Kier alpha value is -1.39. The number of nitrogens with two attached hydrogens (primary N) is 1. The summed E-state index contributed by atoms with van der Waals surface area (Å²) >= 11 is 0. The molecule has 0 aliphatic carbocycles. The van der Waals surface area contributed by atoms with Crippen LogP contribution in [0.25, 0.3) is 11.1 Å². The number of aryl methyl sites for hydroxylation is 1. The van der Waals surface area contributed by atoms with E-state index >= 15 is 0 Å². The van der Waals surface area contributed by atoms with Gasteiger partial charge in [-0.15, -0.1) is 0 Å². The van der Waals surface area contributed by atoms with Gasteiger partial charge in [-0.05, 0) is 31.5 Å². The highest BCUT2D eigenvalue weighted by atomic mass is 16.3. The topological polar surface area (TPSA) is 72.3 Å². The smallest absolute Gasteiger partial charge is 0.192 e. The van der Waals surface area contributed by atoms with Crippen molar-refractivity contribution in [3.63, 3.8) is 0 Å². The van der Waals surface area contributed by atoms with Crippen LogP contribution >= 0.6 is 0 Å². The van der Waals surface area contributed by atoms with Crippen LogP contribution in [0.15, 0.2) is 22.6 Å². The van der Waals surface area contributed by atoms with Crippen LogP contribution < -0.4 is 5.73 Å². The molecule has 0 aliphatic heterocycles. The van der Waals surface area contributed by atoms with Crippen LogP contribution in [0.2, 0.25) is 0 Å². The Morgan fingerprint density at radius 2 is 2.12 bits per heavy atom. The second-order valence-electron chi connectivity index (χ2n) is 4.68. The van der Waals surface area contributed by atoms with E-state index in [1.165, 1.54) is 0 Å². The van der Waals surface area contributed by atoms with Crippen LogP contribution in [0.4, 0.5) is 0 Å². The third-order valence-corrected chi connectivity index (χ3v) is 2.54. The molecule has 4 heteroatoms. The maximum Gasteiger partial charge on any atom is 0.192 e. The largest absolute Gasteiger partial charge is 0.441 e. The summed E-state index contributed by atoms with van der Waals surface area (Å²) in [5.74, 6) is 0.619. The summed E-state index contributed by atoms with van der Waals surface area (Å²) in [4.78, 5) is 4.22. The Morgan fingerprint density at radius 3 is 2.75 bits per heavy atom. The second-order valence-corrected chi connectivity index (χ2v) is 4.68. The second kappa shape index (κ2) is 3.57. The lowest BCUT2D eigenvalue weighted by atomic mass is 9.92. The van der Waals surface area contributed by atoms with Crippen LogP contribution in [0.5, 0.6) is 0 Å². The van der Waals surface area contributed by atoms with Crippen molar-refractivity contribution in [2.45, 2.75) is 32.4 Å². The van der Waals surface area contributed by atoms with Crippen molar-refractivity contribution in [3.05, 3.63) is 29.7 Å². The molecule has 2 rings (SSSR count). The molecular weight excluding hydrogens is 204 g/mol. The molecule has 0 aliphatic rings. The van der Waals surface area contributed by atoms with Gasteiger partial charge in [-0.1, -0.05) is 6.07 Å². The number of oxazole rings is 1. The van der Waals surface area contributed by atoms with Gasteiger partial charge in [0.1, 0.15) is 5.52 Å².